The van der Waals surface area contributed by atoms with Gasteiger partial charge in [-0.15, -0.1) is 0 Å². The summed E-state index contributed by atoms with van der Waals surface area (Å²) in [5.74, 6) is -2.20. The average molecular weight is 477 g/mol. The first kappa shape index (κ1) is 21.4. The fraction of sp³-hybridized carbons (Fsp3) is 0.0952. The minimum absolute atomic E-state index is 0.0423. The van der Waals surface area contributed by atoms with Crippen molar-refractivity contribution in [2.45, 2.75) is 6.04 Å². The van der Waals surface area contributed by atoms with Crippen molar-refractivity contribution in [1.82, 2.24) is 5.32 Å². The summed E-state index contributed by atoms with van der Waals surface area (Å²) in [6.45, 7) is -0.487. The maximum atomic E-state index is 14.5. The van der Waals surface area contributed by atoms with Crippen molar-refractivity contribution in [3.8, 4) is 5.75 Å². The molecule has 0 radical (unpaired) electrons. The number of hydrogen-bond donors (Lipinski definition) is 1. The first-order valence-electron chi connectivity index (χ1n) is 8.71. The van der Waals surface area contributed by atoms with Crippen LogP contribution < -0.4 is 10.1 Å². The highest BCUT2D eigenvalue weighted by molar-refractivity contribution is 9.10. The first-order valence-corrected chi connectivity index (χ1v) is 9.50. The van der Waals surface area contributed by atoms with Crippen molar-refractivity contribution < 1.29 is 23.2 Å². The third kappa shape index (κ3) is 5.18. The minimum atomic E-state index is -1.07. The van der Waals surface area contributed by atoms with Gasteiger partial charge in [-0.05, 0) is 23.8 Å². The molecule has 3 rings (SSSR count). The highest BCUT2D eigenvalue weighted by Crippen LogP contribution is 2.27. The van der Waals surface area contributed by atoms with Crippen LogP contribution in [0.1, 0.15) is 17.2 Å². The molecule has 0 heterocycles. The van der Waals surface area contributed by atoms with Crippen LogP contribution in [-0.2, 0) is 4.79 Å². The van der Waals surface area contributed by atoms with Gasteiger partial charge in [-0.3, -0.25) is 14.9 Å². The number of hydrogen-bond acceptors (Lipinski definition) is 4. The Kier molecular flexibility index (Phi) is 6.73. The number of nitro groups is 1. The summed E-state index contributed by atoms with van der Waals surface area (Å²) in [5.41, 5.74) is 0.231. The van der Waals surface area contributed by atoms with E-state index in [0.29, 0.717) is 10.0 Å². The summed E-state index contributed by atoms with van der Waals surface area (Å²) >= 11 is 3.20. The van der Waals surface area contributed by atoms with Crippen LogP contribution in [0.3, 0.4) is 0 Å². The second-order valence-electron chi connectivity index (χ2n) is 6.24. The third-order valence-electron chi connectivity index (χ3n) is 4.20. The molecule has 1 amide bonds. The Morgan fingerprint density at radius 2 is 1.80 bits per heavy atom. The zero-order chi connectivity index (χ0) is 21.7. The van der Waals surface area contributed by atoms with Crippen molar-refractivity contribution >= 4 is 27.5 Å². The quantitative estimate of drug-likeness (QED) is 0.387. The van der Waals surface area contributed by atoms with Crippen molar-refractivity contribution in [1.29, 1.82) is 0 Å². The van der Waals surface area contributed by atoms with Gasteiger partial charge in [-0.25, -0.2) is 4.39 Å². The van der Waals surface area contributed by atoms with Crippen LogP contribution in [0.15, 0.2) is 71.2 Å². The van der Waals surface area contributed by atoms with Gasteiger partial charge in [0.1, 0.15) is 11.6 Å². The Hall–Kier alpha value is -3.33. The smallest absolute Gasteiger partial charge is 0.305 e. The van der Waals surface area contributed by atoms with Crippen LogP contribution in [0.5, 0.6) is 5.75 Å². The van der Waals surface area contributed by atoms with Crippen LogP contribution in [-0.4, -0.2) is 17.4 Å². The highest BCUT2D eigenvalue weighted by Gasteiger charge is 2.21. The van der Waals surface area contributed by atoms with Gasteiger partial charge in [0, 0.05) is 22.2 Å². The summed E-state index contributed by atoms with van der Waals surface area (Å²) < 4.78 is 34.0. The normalized spacial score (nSPS) is 11.6. The van der Waals surface area contributed by atoms with Gasteiger partial charge in [-0.2, -0.15) is 4.39 Å². The molecule has 9 heteroatoms. The fourth-order valence-electron chi connectivity index (χ4n) is 2.80. The molecule has 3 aromatic rings. The fourth-order valence-corrected chi connectivity index (χ4v) is 3.13. The molecule has 0 saturated carbocycles. The molecule has 6 nitrogen and oxygen atoms in total. The van der Waals surface area contributed by atoms with Crippen molar-refractivity contribution in [2.75, 3.05) is 6.61 Å². The predicted molar refractivity (Wildman–Crippen MR) is 109 cm³/mol. The number of carbonyl (C=O) groups is 1. The second-order valence-corrected chi connectivity index (χ2v) is 7.15. The van der Waals surface area contributed by atoms with Gasteiger partial charge < -0.3 is 10.1 Å². The average Bonchev–Trinajstić information content (AvgIpc) is 2.71. The molecule has 0 bridgehead atoms. The molecule has 0 saturated heterocycles. The molecule has 154 valence electrons. The first-order chi connectivity index (χ1) is 14.3. The summed E-state index contributed by atoms with van der Waals surface area (Å²) in [5, 5.41) is 13.4. The number of rotatable bonds is 7. The molecule has 0 aliphatic rings. The Labute approximate surface area is 178 Å². The minimum Gasteiger partial charge on any atom is -0.484 e. The topological polar surface area (TPSA) is 81.5 Å². The van der Waals surface area contributed by atoms with E-state index >= 15 is 0 Å². The van der Waals surface area contributed by atoms with Gasteiger partial charge in [0.2, 0.25) is 5.82 Å². The Balaban J connectivity index is 1.75. The van der Waals surface area contributed by atoms with Crippen LogP contribution in [0.25, 0.3) is 0 Å². The third-order valence-corrected chi connectivity index (χ3v) is 4.69. The van der Waals surface area contributed by atoms with E-state index in [0.717, 1.165) is 12.1 Å². The molecule has 1 N–H and O–H groups in total. The predicted octanol–water partition coefficient (Wildman–Crippen LogP) is 4.92. The maximum Gasteiger partial charge on any atom is 0.305 e. The number of nitrogens with one attached hydrogen (secondary N) is 1. The lowest BCUT2D eigenvalue weighted by Gasteiger charge is -2.21. The number of nitrogens with zero attached hydrogens (tertiary/aromatic N) is 1. The summed E-state index contributed by atoms with van der Waals surface area (Å²) in [6, 6.07) is 15.5. The van der Waals surface area contributed by atoms with E-state index in [1.54, 1.807) is 42.5 Å². The number of halogens is 3. The van der Waals surface area contributed by atoms with E-state index in [-0.39, 0.29) is 11.3 Å². The molecule has 3 aromatic carbocycles. The molecular weight excluding hydrogens is 462 g/mol. The van der Waals surface area contributed by atoms with Crippen LogP contribution in [0.2, 0.25) is 0 Å². The van der Waals surface area contributed by atoms with Gasteiger partial charge in [-0.1, -0.05) is 52.3 Å². The molecule has 0 aromatic heterocycles. The van der Waals surface area contributed by atoms with Crippen molar-refractivity contribution in [3.63, 3.8) is 0 Å². The van der Waals surface area contributed by atoms with Gasteiger partial charge in [0.15, 0.2) is 6.61 Å². The molecule has 0 aliphatic heterocycles. The number of carbonyl (C=O) groups excluding carboxylic acids is 1. The van der Waals surface area contributed by atoms with E-state index in [2.05, 4.69) is 21.2 Å². The Morgan fingerprint density at radius 1 is 1.07 bits per heavy atom. The zero-order valence-corrected chi connectivity index (χ0v) is 16.9. The second kappa shape index (κ2) is 9.45. The van der Waals surface area contributed by atoms with Gasteiger partial charge >= 0.3 is 5.69 Å². The van der Waals surface area contributed by atoms with E-state index in [9.17, 15) is 23.7 Å². The monoisotopic (exact) mass is 476 g/mol. The SMILES string of the molecule is O=C(COc1ccc([N+](=O)[O-])c(F)c1)NC(c1ccccc1)c1ccc(Br)cc1F. The number of amides is 1. The lowest BCUT2D eigenvalue weighted by Crippen LogP contribution is -2.33. The standard InChI is InChI=1S/C21H15BrF2N2O4/c22-14-6-8-16(17(23)10-14)21(13-4-2-1-3-5-13)25-20(27)12-30-15-7-9-19(26(28)29)18(24)11-15/h1-11,21H,12H2,(H,25,27). The van der Waals surface area contributed by atoms with Crippen molar-refractivity contribution in [2.24, 2.45) is 0 Å². The van der Waals surface area contributed by atoms with Crippen molar-refractivity contribution in [3.05, 3.63) is 104 Å². The van der Waals surface area contributed by atoms with E-state index in [1.807, 2.05) is 0 Å². The summed E-state index contributed by atoms with van der Waals surface area (Å²) in [4.78, 5) is 22.2. The number of benzene rings is 3. The van der Waals surface area contributed by atoms with E-state index < -0.39 is 40.8 Å². The van der Waals surface area contributed by atoms with Crippen LogP contribution >= 0.6 is 15.9 Å². The lowest BCUT2D eigenvalue weighted by molar-refractivity contribution is -0.387. The summed E-state index contributed by atoms with van der Waals surface area (Å²) in [6.07, 6.45) is 0. The van der Waals surface area contributed by atoms with Crippen LogP contribution in [0.4, 0.5) is 14.5 Å². The maximum absolute atomic E-state index is 14.5. The molecule has 0 spiro atoms. The van der Waals surface area contributed by atoms with Gasteiger partial charge in [0.25, 0.3) is 5.91 Å². The number of nitro benzene ring substituents is 1. The summed E-state index contributed by atoms with van der Waals surface area (Å²) in [7, 11) is 0. The largest absolute Gasteiger partial charge is 0.484 e. The van der Waals surface area contributed by atoms with E-state index in [1.165, 1.54) is 12.1 Å². The molecule has 30 heavy (non-hydrogen) atoms. The molecule has 1 unspecified atom stereocenters. The molecule has 0 fully saturated rings. The zero-order valence-electron chi connectivity index (χ0n) is 15.3. The highest BCUT2D eigenvalue weighted by atomic mass is 79.9. The van der Waals surface area contributed by atoms with E-state index in [4.69, 9.17) is 4.74 Å². The molecule has 1 atom stereocenters. The number of ether oxygens (including phenoxy) is 1. The van der Waals surface area contributed by atoms with Crippen LogP contribution in [0, 0.1) is 21.7 Å². The molecule has 0 aliphatic carbocycles. The molecular formula is C21H15BrF2N2O4. The lowest BCUT2D eigenvalue weighted by atomic mass is 9.98. The van der Waals surface area contributed by atoms with Gasteiger partial charge in [0.05, 0.1) is 11.0 Å². The Morgan fingerprint density at radius 3 is 2.43 bits per heavy atom. The Bertz CT molecular complexity index is 1080.